The van der Waals surface area contributed by atoms with E-state index < -0.39 is 0 Å². The van der Waals surface area contributed by atoms with Gasteiger partial charge in [0.25, 0.3) is 0 Å². The summed E-state index contributed by atoms with van der Waals surface area (Å²) in [5, 5.41) is 0. The molecule has 3 unspecified atom stereocenters. The van der Waals surface area contributed by atoms with Crippen LogP contribution in [0.25, 0.3) is 0 Å². The third kappa shape index (κ3) is 2.29. The Hall–Kier alpha value is -1.09. The number of hydrogen-bond acceptors (Lipinski definition) is 2. The van der Waals surface area contributed by atoms with E-state index in [2.05, 4.69) is 18.7 Å². The van der Waals surface area contributed by atoms with Gasteiger partial charge in [-0.15, -0.1) is 0 Å². The molecule has 1 fully saturated rings. The van der Waals surface area contributed by atoms with E-state index in [1.54, 1.807) is 6.07 Å². The van der Waals surface area contributed by atoms with Crippen molar-refractivity contribution in [2.75, 3.05) is 18.0 Å². The van der Waals surface area contributed by atoms with Crippen molar-refractivity contribution in [3.05, 3.63) is 29.6 Å². The number of anilines is 1. The van der Waals surface area contributed by atoms with Gasteiger partial charge in [0.15, 0.2) is 0 Å². The summed E-state index contributed by atoms with van der Waals surface area (Å²) in [5.41, 5.74) is 7.50. The molecule has 0 bridgehead atoms. The highest BCUT2D eigenvalue weighted by Crippen LogP contribution is 2.33. The Morgan fingerprint density at radius 3 is 2.41 bits per heavy atom. The molecular weight excluding hydrogens is 215 g/mol. The van der Waals surface area contributed by atoms with Gasteiger partial charge in [0.05, 0.1) is 0 Å². The lowest BCUT2D eigenvalue weighted by atomic mass is 10.0. The molecule has 0 spiro atoms. The Bertz CT molecular complexity index is 393. The molecule has 2 rings (SSSR count). The van der Waals surface area contributed by atoms with Crippen LogP contribution in [0.2, 0.25) is 0 Å². The molecular formula is C14H21FN2. The van der Waals surface area contributed by atoms with E-state index in [1.165, 1.54) is 6.07 Å². The van der Waals surface area contributed by atoms with Crippen LogP contribution < -0.4 is 10.6 Å². The lowest BCUT2D eigenvalue weighted by Crippen LogP contribution is -2.23. The fourth-order valence-electron chi connectivity index (χ4n) is 2.58. The average Bonchev–Trinajstić information content (AvgIpc) is 2.58. The van der Waals surface area contributed by atoms with Crippen LogP contribution in [-0.4, -0.2) is 13.1 Å². The molecule has 2 nitrogen and oxygen atoms in total. The molecule has 2 N–H and O–H groups in total. The molecule has 3 heteroatoms. The van der Waals surface area contributed by atoms with Crippen LogP contribution in [0.1, 0.15) is 32.4 Å². The summed E-state index contributed by atoms with van der Waals surface area (Å²) >= 11 is 0. The van der Waals surface area contributed by atoms with Crippen molar-refractivity contribution < 1.29 is 4.39 Å². The summed E-state index contributed by atoms with van der Waals surface area (Å²) in [7, 11) is 0. The van der Waals surface area contributed by atoms with Gasteiger partial charge < -0.3 is 10.6 Å². The van der Waals surface area contributed by atoms with Crippen LogP contribution in [0.3, 0.4) is 0 Å². The van der Waals surface area contributed by atoms with Crippen LogP contribution >= 0.6 is 0 Å². The molecule has 1 aromatic rings. The first-order chi connectivity index (χ1) is 8.00. The quantitative estimate of drug-likeness (QED) is 0.855. The molecule has 94 valence electrons. The first-order valence-corrected chi connectivity index (χ1v) is 6.29. The van der Waals surface area contributed by atoms with Gasteiger partial charge in [0.1, 0.15) is 5.82 Å². The molecule has 1 aliphatic heterocycles. The first-order valence-electron chi connectivity index (χ1n) is 6.29. The fraction of sp³-hybridized carbons (Fsp3) is 0.571. The lowest BCUT2D eigenvalue weighted by molar-refractivity contribution is 0.494. The molecule has 1 heterocycles. The molecule has 17 heavy (non-hydrogen) atoms. The Morgan fingerprint density at radius 1 is 1.29 bits per heavy atom. The number of halogens is 1. The van der Waals surface area contributed by atoms with Crippen molar-refractivity contribution in [1.82, 2.24) is 0 Å². The maximum Gasteiger partial charge on any atom is 0.130 e. The van der Waals surface area contributed by atoms with Gasteiger partial charge in [-0.25, -0.2) is 4.39 Å². The van der Waals surface area contributed by atoms with Crippen LogP contribution in [0.4, 0.5) is 10.1 Å². The summed E-state index contributed by atoms with van der Waals surface area (Å²) in [5.74, 6) is 1.11. The van der Waals surface area contributed by atoms with Crippen LogP contribution in [0, 0.1) is 17.7 Å². The van der Waals surface area contributed by atoms with Crippen molar-refractivity contribution in [1.29, 1.82) is 0 Å². The average molecular weight is 236 g/mol. The fourth-order valence-corrected chi connectivity index (χ4v) is 2.58. The number of hydrogen-bond donors (Lipinski definition) is 1. The zero-order chi connectivity index (χ0) is 12.6. The Labute approximate surface area is 103 Å². The van der Waals surface area contributed by atoms with E-state index in [0.717, 1.165) is 18.8 Å². The molecule has 1 aliphatic rings. The van der Waals surface area contributed by atoms with Crippen molar-refractivity contribution >= 4 is 5.69 Å². The summed E-state index contributed by atoms with van der Waals surface area (Å²) in [6.07, 6.45) is 0. The van der Waals surface area contributed by atoms with Crippen molar-refractivity contribution in [2.45, 2.75) is 26.8 Å². The van der Waals surface area contributed by atoms with Crippen LogP contribution in [-0.2, 0) is 0 Å². The van der Waals surface area contributed by atoms with E-state index in [9.17, 15) is 4.39 Å². The SMILES string of the molecule is CC(N)c1c(F)cccc1N1CC(C)C(C)C1. The lowest BCUT2D eigenvalue weighted by Gasteiger charge is -2.24. The Morgan fingerprint density at radius 2 is 1.88 bits per heavy atom. The molecule has 0 amide bonds. The minimum absolute atomic E-state index is 0.190. The normalized spacial score (nSPS) is 26.3. The summed E-state index contributed by atoms with van der Waals surface area (Å²) < 4.78 is 13.8. The van der Waals surface area contributed by atoms with E-state index in [0.29, 0.717) is 17.4 Å². The molecule has 3 atom stereocenters. The highest BCUT2D eigenvalue weighted by Gasteiger charge is 2.28. The second kappa shape index (κ2) is 4.65. The molecule has 0 aromatic heterocycles. The highest BCUT2D eigenvalue weighted by atomic mass is 19.1. The van der Waals surface area contributed by atoms with Crippen LogP contribution in [0.5, 0.6) is 0 Å². The number of benzene rings is 1. The number of rotatable bonds is 2. The monoisotopic (exact) mass is 236 g/mol. The molecule has 1 aromatic carbocycles. The highest BCUT2D eigenvalue weighted by molar-refractivity contribution is 5.56. The van der Waals surface area contributed by atoms with Crippen molar-refractivity contribution in [3.63, 3.8) is 0 Å². The zero-order valence-electron chi connectivity index (χ0n) is 10.8. The van der Waals surface area contributed by atoms with Gasteiger partial charge in [-0.3, -0.25) is 0 Å². The standard InChI is InChI=1S/C14H21FN2/c1-9-7-17(8-10(9)2)13-6-4-5-12(15)14(13)11(3)16/h4-6,9-11H,7-8,16H2,1-3H3. The maximum absolute atomic E-state index is 13.8. The predicted octanol–water partition coefficient (Wildman–Crippen LogP) is 2.94. The Kier molecular flexibility index (Phi) is 3.38. The first kappa shape index (κ1) is 12.4. The van der Waals surface area contributed by atoms with Gasteiger partial charge in [-0.1, -0.05) is 19.9 Å². The van der Waals surface area contributed by atoms with Gasteiger partial charge in [0, 0.05) is 30.4 Å². The van der Waals surface area contributed by atoms with Gasteiger partial charge in [-0.05, 0) is 30.9 Å². The molecule has 1 saturated heterocycles. The van der Waals surface area contributed by atoms with Gasteiger partial charge in [-0.2, -0.15) is 0 Å². The zero-order valence-corrected chi connectivity index (χ0v) is 10.8. The van der Waals surface area contributed by atoms with Crippen molar-refractivity contribution in [2.24, 2.45) is 17.6 Å². The number of nitrogens with two attached hydrogens (primary N) is 1. The van der Waals surface area contributed by atoms with Gasteiger partial charge in [0.2, 0.25) is 0 Å². The minimum Gasteiger partial charge on any atom is -0.371 e. The second-order valence-corrected chi connectivity index (χ2v) is 5.32. The molecule has 0 saturated carbocycles. The third-order valence-corrected chi connectivity index (χ3v) is 3.81. The van der Waals surface area contributed by atoms with E-state index in [-0.39, 0.29) is 11.9 Å². The van der Waals surface area contributed by atoms with Gasteiger partial charge >= 0.3 is 0 Å². The summed E-state index contributed by atoms with van der Waals surface area (Å²) in [6, 6.07) is 4.97. The second-order valence-electron chi connectivity index (χ2n) is 5.32. The smallest absolute Gasteiger partial charge is 0.130 e. The summed E-state index contributed by atoms with van der Waals surface area (Å²) in [6.45, 7) is 8.31. The molecule has 0 radical (unpaired) electrons. The van der Waals surface area contributed by atoms with E-state index in [4.69, 9.17) is 5.73 Å². The van der Waals surface area contributed by atoms with Crippen LogP contribution in [0.15, 0.2) is 18.2 Å². The largest absolute Gasteiger partial charge is 0.371 e. The van der Waals surface area contributed by atoms with E-state index >= 15 is 0 Å². The predicted molar refractivity (Wildman–Crippen MR) is 69.5 cm³/mol. The van der Waals surface area contributed by atoms with Crippen molar-refractivity contribution in [3.8, 4) is 0 Å². The third-order valence-electron chi connectivity index (χ3n) is 3.81. The number of nitrogens with zero attached hydrogens (tertiary/aromatic N) is 1. The van der Waals surface area contributed by atoms with E-state index in [1.807, 2.05) is 13.0 Å². The topological polar surface area (TPSA) is 29.3 Å². The maximum atomic E-state index is 13.8. The Balaban J connectivity index is 2.36. The molecule has 0 aliphatic carbocycles. The summed E-state index contributed by atoms with van der Waals surface area (Å²) in [4.78, 5) is 2.26. The minimum atomic E-state index is -0.266.